The van der Waals surface area contributed by atoms with Gasteiger partial charge in [0.2, 0.25) is 5.91 Å². The Morgan fingerprint density at radius 3 is 2.59 bits per heavy atom. The number of ether oxygens (including phenoxy) is 2. The van der Waals surface area contributed by atoms with Crippen LogP contribution in [-0.2, 0) is 22.5 Å². The number of nitrogens with two attached hydrogens (primary N) is 1. The number of aryl methyl sites for hydroxylation is 1. The molecule has 226 valence electrons. The molecular weight excluding hydrogens is 518 g/mol. The lowest BCUT2D eigenvalue weighted by Crippen LogP contribution is -2.39. The quantitative estimate of drug-likeness (QED) is 0.131. The van der Waals surface area contributed by atoms with Gasteiger partial charge in [0, 0.05) is 71.4 Å². The summed E-state index contributed by atoms with van der Waals surface area (Å²) in [6.07, 6.45) is 5.28. The molecule has 2 aromatic rings. The highest BCUT2D eigenvalue weighted by molar-refractivity contribution is 5.96. The molecule has 0 spiro atoms. The molecule has 0 radical (unpaired) electrons. The Bertz CT molecular complexity index is 1070. The van der Waals surface area contributed by atoms with Crippen molar-refractivity contribution in [3.8, 4) is 16.9 Å². The third-order valence-electron chi connectivity index (χ3n) is 7.25. The van der Waals surface area contributed by atoms with E-state index in [1.807, 2.05) is 6.07 Å². The maximum absolute atomic E-state index is 12.4. The summed E-state index contributed by atoms with van der Waals surface area (Å²) in [6, 6.07) is 14.7. The fourth-order valence-corrected chi connectivity index (χ4v) is 4.74. The predicted molar refractivity (Wildman–Crippen MR) is 165 cm³/mol. The van der Waals surface area contributed by atoms with Crippen LogP contribution in [0.1, 0.15) is 56.6 Å². The Hall–Kier alpha value is -2.98. The van der Waals surface area contributed by atoms with Crippen LogP contribution in [0.25, 0.3) is 11.1 Å². The van der Waals surface area contributed by atoms with Gasteiger partial charge in [0.15, 0.2) is 5.96 Å². The van der Waals surface area contributed by atoms with Gasteiger partial charge in [-0.1, -0.05) is 49.7 Å². The number of hydrogen-bond acceptors (Lipinski definition) is 7. The second-order valence-corrected chi connectivity index (χ2v) is 10.6. The van der Waals surface area contributed by atoms with Crippen molar-refractivity contribution < 1.29 is 19.4 Å². The second kappa shape index (κ2) is 18.5. The number of methoxy groups -OCH3 is 1. The smallest absolute Gasteiger partial charge is 0.226 e. The van der Waals surface area contributed by atoms with Gasteiger partial charge in [-0.3, -0.25) is 15.1 Å². The maximum Gasteiger partial charge on any atom is 0.226 e. The van der Waals surface area contributed by atoms with Crippen LogP contribution in [0.5, 0.6) is 5.75 Å². The highest BCUT2D eigenvalue weighted by Crippen LogP contribution is 2.32. The first kappa shape index (κ1) is 32.5. The molecule has 0 bridgehead atoms. The summed E-state index contributed by atoms with van der Waals surface area (Å²) in [5.41, 5.74) is 10.2. The number of amides is 1. The van der Waals surface area contributed by atoms with E-state index in [9.17, 15) is 9.90 Å². The maximum atomic E-state index is 12.4. The van der Waals surface area contributed by atoms with Crippen molar-refractivity contribution in [2.24, 2.45) is 10.7 Å². The average molecular weight is 568 g/mol. The van der Waals surface area contributed by atoms with Crippen molar-refractivity contribution in [3.63, 3.8) is 0 Å². The largest absolute Gasteiger partial charge is 0.493 e. The molecule has 0 atom stereocenters. The predicted octanol–water partition coefficient (Wildman–Crippen LogP) is 3.48. The van der Waals surface area contributed by atoms with E-state index in [1.165, 1.54) is 5.56 Å². The Kier molecular flexibility index (Phi) is 14.6. The minimum Gasteiger partial charge on any atom is -0.493 e. The summed E-state index contributed by atoms with van der Waals surface area (Å²) in [4.78, 5) is 19.0. The molecule has 0 saturated carbocycles. The van der Waals surface area contributed by atoms with E-state index in [2.05, 4.69) is 63.8 Å². The lowest BCUT2D eigenvalue weighted by molar-refractivity contribution is -0.119. The molecule has 3 rings (SSSR count). The fraction of sp³-hybridized carbons (Fsp3) is 0.562. The number of aliphatic hydroxyl groups excluding tert-OH is 1. The summed E-state index contributed by atoms with van der Waals surface area (Å²) >= 11 is 0. The minimum atomic E-state index is -0.145. The summed E-state index contributed by atoms with van der Waals surface area (Å²) in [7, 11) is 1.69. The van der Waals surface area contributed by atoms with Crippen molar-refractivity contribution in [3.05, 3.63) is 53.6 Å². The number of aliphatic hydroxyl groups is 1. The molecule has 1 saturated heterocycles. The van der Waals surface area contributed by atoms with E-state index in [4.69, 9.17) is 15.2 Å². The zero-order chi connectivity index (χ0) is 29.3. The van der Waals surface area contributed by atoms with Gasteiger partial charge >= 0.3 is 0 Å². The molecule has 9 heteroatoms. The van der Waals surface area contributed by atoms with Crippen LogP contribution in [0.15, 0.2) is 47.5 Å². The Labute approximate surface area is 245 Å². The molecule has 5 N–H and O–H groups in total. The van der Waals surface area contributed by atoms with Gasteiger partial charge in [-0.25, -0.2) is 0 Å². The van der Waals surface area contributed by atoms with E-state index in [0.29, 0.717) is 32.6 Å². The van der Waals surface area contributed by atoms with Gasteiger partial charge in [-0.15, -0.1) is 0 Å². The zero-order valence-corrected chi connectivity index (χ0v) is 24.9. The number of likely N-dealkylation sites (tertiary alicyclic amines) is 1. The second-order valence-electron chi connectivity index (χ2n) is 10.6. The molecule has 1 heterocycles. The molecular formula is C32H49N5O4. The van der Waals surface area contributed by atoms with Crippen molar-refractivity contribution >= 4 is 11.9 Å². The van der Waals surface area contributed by atoms with Gasteiger partial charge in [-0.05, 0) is 48.4 Å². The van der Waals surface area contributed by atoms with Gasteiger partial charge in [-0.2, -0.15) is 0 Å². The van der Waals surface area contributed by atoms with E-state index < -0.39 is 0 Å². The number of nitrogens with one attached hydrogen (secondary N) is 2. The lowest BCUT2D eigenvalue weighted by Gasteiger charge is -2.29. The molecule has 0 unspecified atom stereocenters. The number of rotatable bonds is 17. The summed E-state index contributed by atoms with van der Waals surface area (Å²) in [5, 5.41) is 15.9. The molecule has 0 aromatic heterocycles. The molecule has 1 fully saturated rings. The highest BCUT2D eigenvalue weighted by Gasteiger charge is 2.16. The van der Waals surface area contributed by atoms with Gasteiger partial charge in [0.1, 0.15) is 5.75 Å². The third kappa shape index (κ3) is 12.2. The monoisotopic (exact) mass is 567 g/mol. The van der Waals surface area contributed by atoms with Crippen LogP contribution >= 0.6 is 0 Å². The topological polar surface area (TPSA) is 121 Å². The number of carbonyl (C=O) groups excluding carboxylic acids is 1. The van der Waals surface area contributed by atoms with Crippen molar-refractivity contribution in [2.45, 2.75) is 64.5 Å². The first-order valence-corrected chi connectivity index (χ1v) is 15.0. The number of aliphatic imine (C=N–C) groups is 1. The van der Waals surface area contributed by atoms with Crippen LogP contribution < -0.4 is 21.1 Å². The van der Waals surface area contributed by atoms with E-state index >= 15 is 0 Å². The summed E-state index contributed by atoms with van der Waals surface area (Å²) in [6.45, 7) is 8.58. The standard InChI is InChI=1S/C32H49N5O4/c1-3-4-16-35-32(33)36-31(39)13-9-25-8-12-29(30(23-25)41-22-5-21-40-2)27-10-6-26(7-11-27)24-34-17-20-37-18-14-28(38)15-19-37/h6-8,10-12,23,28,34,38H,3-5,9,13-22,24H2,1-2H3,(H3,33,35,36,39). The van der Waals surface area contributed by atoms with Gasteiger partial charge in [0.05, 0.1) is 12.7 Å². The average Bonchev–Trinajstić information content (AvgIpc) is 2.98. The van der Waals surface area contributed by atoms with Crippen molar-refractivity contribution in [1.29, 1.82) is 0 Å². The number of carbonyl (C=O) groups is 1. The molecule has 41 heavy (non-hydrogen) atoms. The first-order chi connectivity index (χ1) is 20.0. The Balaban J connectivity index is 1.56. The number of benzene rings is 2. The Morgan fingerprint density at radius 1 is 1.10 bits per heavy atom. The fourth-order valence-electron chi connectivity index (χ4n) is 4.74. The van der Waals surface area contributed by atoms with Crippen molar-refractivity contribution in [2.75, 3.05) is 53.0 Å². The third-order valence-corrected chi connectivity index (χ3v) is 7.25. The van der Waals surface area contributed by atoms with Crippen LogP contribution in [0.2, 0.25) is 0 Å². The van der Waals surface area contributed by atoms with Crippen LogP contribution in [0, 0.1) is 0 Å². The molecule has 0 aliphatic carbocycles. The van der Waals surface area contributed by atoms with E-state index in [0.717, 1.165) is 87.3 Å². The lowest BCUT2D eigenvalue weighted by atomic mass is 9.99. The molecule has 1 aliphatic rings. The number of nitrogens with zero attached hydrogens (tertiary/aromatic N) is 2. The van der Waals surface area contributed by atoms with Crippen LogP contribution in [-0.4, -0.2) is 81.0 Å². The molecule has 1 amide bonds. The van der Waals surface area contributed by atoms with Gasteiger partial charge in [0.25, 0.3) is 0 Å². The number of unbranched alkanes of at least 4 members (excludes halogenated alkanes) is 1. The van der Waals surface area contributed by atoms with Crippen molar-refractivity contribution in [1.82, 2.24) is 15.5 Å². The first-order valence-electron chi connectivity index (χ1n) is 15.0. The summed E-state index contributed by atoms with van der Waals surface area (Å²) < 4.78 is 11.4. The highest BCUT2D eigenvalue weighted by atomic mass is 16.5. The number of guanidine groups is 1. The SMILES string of the molecule is CCCCN=C(N)NC(=O)CCc1ccc(-c2ccc(CNCCN3CCC(O)CC3)cc2)c(OCCCOC)c1. The normalized spacial score (nSPS) is 14.8. The molecule has 1 aliphatic heterocycles. The number of piperidine rings is 1. The van der Waals surface area contributed by atoms with Crippen LogP contribution in [0.4, 0.5) is 0 Å². The van der Waals surface area contributed by atoms with Crippen LogP contribution in [0.3, 0.4) is 0 Å². The molecule has 9 nitrogen and oxygen atoms in total. The summed E-state index contributed by atoms with van der Waals surface area (Å²) in [5.74, 6) is 0.841. The van der Waals surface area contributed by atoms with Gasteiger partial charge < -0.3 is 30.5 Å². The number of hydrogen-bond donors (Lipinski definition) is 4. The zero-order valence-electron chi connectivity index (χ0n) is 24.9. The minimum absolute atomic E-state index is 0.128. The van der Waals surface area contributed by atoms with E-state index in [-0.39, 0.29) is 18.0 Å². The molecule has 2 aromatic carbocycles. The Morgan fingerprint density at radius 2 is 1.85 bits per heavy atom. The van der Waals surface area contributed by atoms with E-state index in [1.54, 1.807) is 7.11 Å².